The van der Waals surface area contributed by atoms with E-state index in [0.29, 0.717) is 5.02 Å². The maximum Gasteiger partial charge on any atom is 0.0718 e. The van der Waals surface area contributed by atoms with E-state index in [4.69, 9.17) is 11.6 Å². The molecular weight excluding hydrogens is 289 g/mol. The van der Waals surface area contributed by atoms with E-state index >= 15 is 0 Å². The highest BCUT2D eigenvalue weighted by Gasteiger charge is 2.06. The van der Waals surface area contributed by atoms with Crippen molar-refractivity contribution in [2.75, 3.05) is 18.5 Å². The van der Waals surface area contributed by atoms with Crippen LogP contribution < -0.4 is 10.7 Å². The van der Waals surface area contributed by atoms with Crippen LogP contribution >= 0.6 is 27.5 Å². The summed E-state index contributed by atoms with van der Waals surface area (Å²) in [6.45, 7) is 2.02. The zero-order valence-corrected chi connectivity index (χ0v) is 11.1. The third-order valence-electron chi connectivity index (χ3n) is 2.44. The highest BCUT2D eigenvalue weighted by Crippen LogP contribution is 2.25. The summed E-state index contributed by atoms with van der Waals surface area (Å²) < 4.78 is 0.968. The predicted molar refractivity (Wildman–Crippen MR) is 72.3 cm³/mol. The summed E-state index contributed by atoms with van der Waals surface area (Å²) in [5.74, 6) is 0. The molecule has 0 radical (unpaired) electrons. The molecule has 0 aliphatic carbocycles. The number of anilines is 1. The summed E-state index contributed by atoms with van der Waals surface area (Å²) in [5, 5.41) is 8.39. The lowest BCUT2D eigenvalue weighted by atomic mass is 10.1. The minimum atomic E-state index is 0.705. The van der Waals surface area contributed by atoms with Gasteiger partial charge in [0.05, 0.1) is 5.69 Å². The Hall–Kier alpha value is -0.580. The van der Waals surface area contributed by atoms with Crippen LogP contribution in [-0.2, 0) is 0 Å². The fourth-order valence-electron chi connectivity index (χ4n) is 1.55. The lowest BCUT2D eigenvalue weighted by Crippen LogP contribution is -2.28. The maximum absolute atomic E-state index is 5.92. The maximum atomic E-state index is 5.92. The van der Waals surface area contributed by atoms with Gasteiger partial charge >= 0.3 is 0 Å². The average Bonchev–Trinajstić information content (AvgIpc) is 2.32. The lowest BCUT2D eigenvalue weighted by Gasteiger charge is -2.14. The third kappa shape index (κ3) is 3.20. The minimum absolute atomic E-state index is 0.705. The Labute approximate surface area is 108 Å². The Balaban J connectivity index is 2.05. The molecule has 2 N–H and O–H groups in total. The van der Waals surface area contributed by atoms with Crippen molar-refractivity contribution in [2.45, 2.75) is 12.8 Å². The van der Waals surface area contributed by atoms with E-state index < -0.39 is 0 Å². The molecule has 1 aliphatic rings. The van der Waals surface area contributed by atoms with Gasteiger partial charge in [-0.2, -0.15) is 5.10 Å². The topological polar surface area (TPSA) is 36.4 Å². The van der Waals surface area contributed by atoms with Gasteiger partial charge in [-0.3, -0.25) is 5.43 Å². The van der Waals surface area contributed by atoms with E-state index in [2.05, 4.69) is 31.8 Å². The van der Waals surface area contributed by atoms with Crippen molar-refractivity contribution in [3.8, 4) is 0 Å². The Kier molecular flexibility index (Phi) is 4.21. The normalized spacial score (nSPS) is 16.0. The van der Waals surface area contributed by atoms with Crippen molar-refractivity contribution in [2.24, 2.45) is 5.10 Å². The number of halogens is 2. The van der Waals surface area contributed by atoms with Crippen molar-refractivity contribution in [1.82, 2.24) is 5.32 Å². The van der Waals surface area contributed by atoms with E-state index in [1.165, 1.54) is 5.71 Å². The van der Waals surface area contributed by atoms with Crippen molar-refractivity contribution in [1.29, 1.82) is 0 Å². The second kappa shape index (κ2) is 5.66. The summed E-state index contributed by atoms with van der Waals surface area (Å²) in [7, 11) is 0. The molecule has 1 aliphatic heterocycles. The molecule has 1 heterocycles. The molecule has 1 aromatic rings. The highest BCUT2D eigenvalue weighted by molar-refractivity contribution is 9.10. The number of hydrogen-bond donors (Lipinski definition) is 2. The van der Waals surface area contributed by atoms with Crippen molar-refractivity contribution >= 4 is 38.9 Å². The number of nitrogens with zero attached hydrogens (tertiary/aromatic N) is 1. The summed E-state index contributed by atoms with van der Waals surface area (Å²) >= 11 is 9.37. The zero-order valence-electron chi connectivity index (χ0n) is 8.76. The molecule has 0 amide bonds. The molecule has 0 spiro atoms. The molecule has 3 nitrogen and oxygen atoms in total. The second-order valence-corrected chi connectivity index (χ2v) is 4.95. The van der Waals surface area contributed by atoms with Crippen molar-refractivity contribution in [3.63, 3.8) is 0 Å². The number of hydrazone groups is 1. The van der Waals surface area contributed by atoms with Gasteiger partial charge in [0.1, 0.15) is 0 Å². The number of nitrogens with one attached hydrogen (secondary N) is 2. The smallest absolute Gasteiger partial charge is 0.0718 e. The van der Waals surface area contributed by atoms with Crippen LogP contribution in [0.4, 0.5) is 5.69 Å². The Bertz CT molecular complexity index is 398. The van der Waals surface area contributed by atoms with Gasteiger partial charge in [-0.15, -0.1) is 0 Å². The molecule has 0 aromatic heterocycles. The number of rotatable bonds is 2. The molecule has 2 rings (SSSR count). The second-order valence-electron chi connectivity index (χ2n) is 3.66. The van der Waals surface area contributed by atoms with E-state index in [-0.39, 0.29) is 0 Å². The first kappa shape index (κ1) is 11.9. The summed E-state index contributed by atoms with van der Waals surface area (Å²) in [6, 6.07) is 5.61. The van der Waals surface area contributed by atoms with E-state index in [9.17, 15) is 0 Å². The van der Waals surface area contributed by atoms with Gasteiger partial charge in [0.15, 0.2) is 0 Å². The van der Waals surface area contributed by atoms with Crippen LogP contribution in [0.1, 0.15) is 12.8 Å². The van der Waals surface area contributed by atoms with Gasteiger partial charge in [0, 0.05) is 41.1 Å². The molecule has 5 heteroatoms. The SMILES string of the molecule is Clc1ccc(Br)c(NN=C2CCNCC2)c1. The first-order chi connectivity index (χ1) is 7.75. The molecule has 0 saturated carbocycles. The van der Waals surface area contributed by atoms with Crippen molar-refractivity contribution in [3.05, 3.63) is 27.7 Å². The molecule has 1 fully saturated rings. The van der Waals surface area contributed by atoms with Gasteiger partial charge in [0.2, 0.25) is 0 Å². The van der Waals surface area contributed by atoms with Crippen LogP contribution in [0, 0.1) is 0 Å². The molecular formula is C11H13BrClN3. The summed E-state index contributed by atoms with van der Waals surface area (Å²) in [6.07, 6.45) is 2.01. The predicted octanol–water partition coefficient (Wildman–Crippen LogP) is 3.25. The Morgan fingerprint density at radius 1 is 1.31 bits per heavy atom. The van der Waals surface area contributed by atoms with Crippen LogP contribution in [0.2, 0.25) is 5.02 Å². The summed E-state index contributed by atoms with van der Waals surface area (Å²) in [5.41, 5.74) is 5.15. The summed E-state index contributed by atoms with van der Waals surface area (Å²) in [4.78, 5) is 0. The van der Waals surface area contributed by atoms with Gasteiger partial charge in [0.25, 0.3) is 0 Å². The van der Waals surface area contributed by atoms with E-state index in [1.807, 2.05) is 18.2 Å². The number of piperidine rings is 1. The first-order valence-electron chi connectivity index (χ1n) is 5.23. The quantitative estimate of drug-likeness (QED) is 0.823. The fraction of sp³-hybridized carbons (Fsp3) is 0.364. The molecule has 86 valence electrons. The van der Waals surface area contributed by atoms with Crippen LogP contribution in [0.3, 0.4) is 0 Å². The monoisotopic (exact) mass is 301 g/mol. The van der Waals surface area contributed by atoms with Crippen molar-refractivity contribution < 1.29 is 0 Å². The molecule has 1 aromatic carbocycles. The molecule has 1 saturated heterocycles. The van der Waals surface area contributed by atoms with Crippen LogP contribution in [0.15, 0.2) is 27.8 Å². The van der Waals surface area contributed by atoms with Crippen LogP contribution in [0.5, 0.6) is 0 Å². The lowest BCUT2D eigenvalue weighted by molar-refractivity contribution is 0.670. The molecule has 0 unspecified atom stereocenters. The first-order valence-corrected chi connectivity index (χ1v) is 6.40. The molecule has 0 bridgehead atoms. The van der Waals surface area contributed by atoms with Gasteiger partial charge in [-0.05, 0) is 34.1 Å². The van der Waals surface area contributed by atoms with E-state index in [0.717, 1.165) is 36.1 Å². The number of hydrogen-bond acceptors (Lipinski definition) is 3. The fourth-order valence-corrected chi connectivity index (χ4v) is 2.06. The standard InChI is InChI=1S/C11H13BrClN3/c12-10-2-1-8(13)7-11(10)16-15-9-3-5-14-6-4-9/h1-2,7,14,16H,3-6H2. The molecule has 0 atom stereocenters. The zero-order chi connectivity index (χ0) is 11.4. The van der Waals surface area contributed by atoms with Gasteiger partial charge < -0.3 is 5.32 Å². The molecule has 16 heavy (non-hydrogen) atoms. The Morgan fingerprint density at radius 3 is 2.81 bits per heavy atom. The van der Waals surface area contributed by atoms with Crippen LogP contribution in [-0.4, -0.2) is 18.8 Å². The van der Waals surface area contributed by atoms with Gasteiger partial charge in [-0.25, -0.2) is 0 Å². The van der Waals surface area contributed by atoms with E-state index in [1.54, 1.807) is 0 Å². The average molecular weight is 303 g/mol. The Morgan fingerprint density at radius 2 is 2.06 bits per heavy atom. The minimum Gasteiger partial charge on any atom is -0.316 e. The van der Waals surface area contributed by atoms with Crippen LogP contribution in [0.25, 0.3) is 0 Å². The highest BCUT2D eigenvalue weighted by atomic mass is 79.9. The largest absolute Gasteiger partial charge is 0.316 e. The number of benzene rings is 1. The third-order valence-corrected chi connectivity index (χ3v) is 3.37. The van der Waals surface area contributed by atoms with Gasteiger partial charge in [-0.1, -0.05) is 11.6 Å².